The van der Waals surface area contributed by atoms with Crippen molar-refractivity contribution in [2.24, 2.45) is 4.99 Å². The van der Waals surface area contributed by atoms with E-state index in [1.807, 2.05) is 59.4 Å². The van der Waals surface area contributed by atoms with Crippen molar-refractivity contribution < 1.29 is 4.21 Å². The fourth-order valence-corrected chi connectivity index (χ4v) is 4.00. The minimum atomic E-state index is -0.913. The van der Waals surface area contributed by atoms with Crippen molar-refractivity contribution in [2.45, 2.75) is 18.7 Å². The van der Waals surface area contributed by atoms with E-state index in [4.69, 9.17) is 0 Å². The van der Waals surface area contributed by atoms with Crippen LogP contribution in [0.25, 0.3) is 5.69 Å². The van der Waals surface area contributed by atoms with Crippen LogP contribution in [0.1, 0.15) is 24.1 Å². The minimum absolute atomic E-state index is 0. The summed E-state index contributed by atoms with van der Waals surface area (Å²) in [7, 11) is 0.826. The summed E-state index contributed by atoms with van der Waals surface area (Å²) in [6.07, 6.45) is 3.69. The molecule has 3 rings (SSSR count). The average molecular weight is 537 g/mol. The Morgan fingerprint density at radius 3 is 2.67 bits per heavy atom. The van der Waals surface area contributed by atoms with E-state index in [-0.39, 0.29) is 30.0 Å². The summed E-state index contributed by atoms with van der Waals surface area (Å²) in [5, 5.41) is 10.9. The van der Waals surface area contributed by atoms with Crippen LogP contribution in [-0.2, 0) is 16.6 Å². The number of benzene rings is 2. The first-order valence-electron chi connectivity index (χ1n) is 9.62. The third-order valence-electron chi connectivity index (χ3n) is 4.51. The van der Waals surface area contributed by atoms with Crippen molar-refractivity contribution >= 4 is 40.7 Å². The zero-order valence-corrected chi connectivity index (χ0v) is 20.3. The van der Waals surface area contributed by atoms with Crippen LogP contribution in [0.2, 0.25) is 0 Å². The van der Waals surface area contributed by atoms with Crippen molar-refractivity contribution in [3.63, 3.8) is 0 Å². The van der Waals surface area contributed by atoms with E-state index in [0.29, 0.717) is 24.0 Å². The summed E-state index contributed by atoms with van der Waals surface area (Å²) in [6, 6.07) is 20.1. The smallest absolute Gasteiger partial charge is 0.191 e. The topological polar surface area (TPSA) is 71.3 Å². The maximum absolute atomic E-state index is 12.3. The fourth-order valence-electron chi connectivity index (χ4n) is 2.96. The highest BCUT2D eigenvalue weighted by Gasteiger charge is 2.10. The SMILES string of the molecule is CN=C(NCCS(=O)Cc1ccccc1)NC(C)c1cccc(-n2cccn2)c1.I. The summed E-state index contributed by atoms with van der Waals surface area (Å²) >= 11 is 0. The molecule has 0 saturated heterocycles. The van der Waals surface area contributed by atoms with Gasteiger partial charge in [-0.25, -0.2) is 4.68 Å². The van der Waals surface area contributed by atoms with E-state index in [1.54, 1.807) is 13.2 Å². The van der Waals surface area contributed by atoms with E-state index in [2.05, 4.69) is 39.8 Å². The first-order valence-corrected chi connectivity index (χ1v) is 11.1. The van der Waals surface area contributed by atoms with Gasteiger partial charge in [0.05, 0.1) is 11.7 Å². The van der Waals surface area contributed by atoms with Crippen molar-refractivity contribution in [1.29, 1.82) is 0 Å². The van der Waals surface area contributed by atoms with Gasteiger partial charge < -0.3 is 10.6 Å². The molecule has 0 radical (unpaired) electrons. The molecule has 1 aromatic heterocycles. The molecule has 30 heavy (non-hydrogen) atoms. The van der Waals surface area contributed by atoms with Gasteiger partial charge in [-0.05, 0) is 36.2 Å². The minimum Gasteiger partial charge on any atom is -0.355 e. The number of rotatable bonds is 8. The van der Waals surface area contributed by atoms with Crippen LogP contribution in [0.15, 0.2) is 78.0 Å². The lowest BCUT2D eigenvalue weighted by Gasteiger charge is -2.19. The molecule has 3 aromatic rings. The van der Waals surface area contributed by atoms with Crippen LogP contribution in [-0.4, -0.2) is 39.3 Å². The van der Waals surface area contributed by atoms with Crippen LogP contribution >= 0.6 is 24.0 Å². The Bertz CT molecular complexity index is 947. The number of hydrogen-bond acceptors (Lipinski definition) is 3. The van der Waals surface area contributed by atoms with Crippen molar-refractivity contribution in [3.05, 3.63) is 84.2 Å². The van der Waals surface area contributed by atoms with E-state index in [0.717, 1.165) is 16.8 Å². The van der Waals surface area contributed by atoms with Gasteiger partial charge in [0.25, 0.3) is 0 Å². The van der Waals surface area contributed by atoms with E-state index in [1.165, 1.54) is 0 Å². The molecule has 2 atom stereocenters. The van der Waals surface area contributed by atoms with E-state index >= 15 is 0 Å². The van der Waals surface area contributed by atoms with Gasteiger partial charge >= 0.3 is 0 Å². The molecular formula is C22H28IN5OS. The summed E-state index contributed by atoms with van der Waals surface area (Å²) in [4.78, 5) is 4.28. The van der Waals surface area contributed by atoms with E-state index < -0.39 is 10.8 Å². The maximum Gasteiger partial charge on any atom is 0.191 e. The molecule has 0 spiro atoms. The lowest BCUT2D eigenvalue weighted by atomic mass is 10.1. The molecular weight excluding hydrogens is 509 g/mol. The summed E-state index contributed by atoms with van der Waals surface area (Å²) in [5.41, 5.74) is 3.24. The standard InChI is InChI=1S/C22H27N5OS.HI/c1-18(20-10-6-11-21(16-20)27-14-7-12-25-27)26-22(23-2)24-13-15-29(28)17-19-8-4-3-5-9-19;/h3-12,14,16,18H,13,15,17H2,1-2H3,(H2,23,24,26);1H. The average Bonchev–Trinajstić information content (AvgIpc) is 3.29. The highest BCUT2D eigenvalue weighted by atomic mass is 127. The lowest BCUT2D eigenvalue weighted by Crippen LogP contribution is -2.40. The molecule has 0 aliphatic heterocycles. The normalized spacial score (nSPS) is 13.2. The second kappa shape index (κ2) is 12.5. The number of aliphatic imine (C=N–C) groups is 1. The van der Waals surface area contributed by atoms with Crippen LogP contribution in [0.5, 0.6) is 0 Å². The third kappa shape index (κ3) is 7.24. The summed E-state index contributed by atoms with van der Waals surface area (Å²) in [5.74, 6) is 1.84. The Hall–Kier alpha value is -2.20. The lowest BCUT2D eigenvalue weighted by molar-refractivity contribution is 0.676. The highest BCUT2D eigenvalue weighted by Crippen LogP contribution is 2.16. The molecule has 6 nitrogen and oxygen atoms in total. The zero-order valence-electron chi connectivity index (χ0n) is 17.2. The first-order chi connectivity index (χ1) is 14.2. The van der Waals surface area contributed by atoms with Gasteiger partial charge in [-0.2, -0.15) is 5.10 Å². The molecule has 2 aromatic carbocycles. The Kier molecular flexibility index (Phi) is 10.0. The van der Waals surface area contributed by atoms with Crippen molar-refractivity contribution in [1.82, 2.24) is 20.4 Å². The quantitative estimate of drug-likeness (QED) is 0.262. The number of aromatic nitrogens is 2. The van der Waals surface area contributed by atoms with Crippen molar-refractivity contribution in [2.75, 3.05) is 19.3 Å². The molecule has 2 unspecified atom stereocenters. The molecule has 0 aliphatic carbocycles. The molecule has 0 amide bonds. The molecule has 0 aliphatic rings. The number of halogens is 1. The summed E-state index contributed by atoms with van der Waals surface area (Å²) in [6.45, 7) is 2.68. The fraction of sp³-hybridized carbons (Fsp3) is 0.273. The number of nitrogens with zero attached hydrogens (tertiary/aromatic N) is 3. The molecule has 2 N–H and O–H groups in total. The predicted molar refractivity (Wildman–Crippen MR) is 135 cm³/mol. The Morgan fingerprint density at radius 2 is 1.97 bits per heavy atom. The Labute approximate surface area is 197 Å². The molecule has 0 saturated carbocycles. The van der Waals surface area contributed by atoms with Gasteiger partial charge in [0.2, 0.25) is 0 Å². The molecule has 0 bridgehead atoms. The van der Waals surface area contributed by atoms with Gasteiger partial charge in [-0.15, -0.1) is 24.0 Å². The second-order valence-electron chi connectivity index (χ2n) is 6.68. The molecule has 1 heterocycles. The summed E-state index contributed by atoms with van der Waals surface area (Å²) < 4.78 is 14.1. The second-order valence-corrected chi connectivity index (χ2v) is 8.26. The van der Waals surface area contributed by atoms with Crippen LogP contribution in [0.4, 0.5) is 0 Å². The van der Waals surface area contributed by atoms with Crippen LogP contribution < -0.4 is 10.6 Å². The highest BCUT2D eigenvalue weighted by molar-refractivity contribution is 14.0. The van der Waals surface area contributed by atoms with Gasteiger partial charge in [0.15, 0.2) is 5.96 Å². The first kappa shape index (κ1) is 24.1. The Balaban J connectivity index is 0.00000320. The number of hydrogen-bond donors (Lipinski definition) is 2. The van der Waals surface area contributed by atoms with Gasteiger partial charge in [-0.3, -0.25) is 9.20 Å². The Morgan fingerprint density at radius 1 is 1.17 bits per heavy atom. The zero-order chi connectivity index (χ0) is 20.5. The van der Waals surface area contributed by atoms with Gasteiger partial charge in [-0.1, -0.05) is 42.5 Å². The van der Waals surface area contributed by atoms with Crippen molar-refractivity contribution in [3.8, 4) is 5.69 Å². The third-order valence-corrected chi connectivity index (χ3v) is 5.82. The van der Waals surface area contributed by atoms with E-state index in [9.17, 15) is 4.21 Å². The largest absolute Gasteiger partial charge is 0.355 e. The van der Waals surface area contributed by atoms with Gasteiger partial charge in [0.1, 0.15) is 0 Å². The molecule has 0 fully saturated rings. The number of guanidine groups is 1. The monoisotopic (exact) mass is 537 g/mol. The molecule has 8 heteroatoms. The predicted octanol–water partition coefficient (Wildman–Crippen LogP) is 3.67. The van der Waals surface area contributed by atoms with Crippen LogP contribution in [0.3, 0.4) is 0 Å². The maximum atomic E-state index is 12.3. The number of nitrogens with one attached hydrogen (secondary N) is 2. The molecule has 160 valence electrons. The van der Waals surface area contributed by atoms with Gasteiger partial charge in [0, 0.05) is 48.3 Å². The van der Waals surface area contributed by atoms with Crippen LogP contribution in [0, 0.1) is 0 Å².